The highest BCUT2D eigenvalue weighted by molar-refractivity contribution is 7.47. The Kier molecular flexibility index (Phi) is 16.6. The van der Waals surface area contributed by atoms with Crippen LogP contribution in [0.3, 0.4) is 0 Å². The number of unbranched alkanes of at least 4 members (excludes halogenated alkanes) is 13. The van der Waals surface area contributed by atoms with Crippen LogP contribution in [-0.4, -0.2) is 50.0 Å². The van der Waals surface area contributed by atoms with E-state index in [1.165, 1.54) is 88.9 Å². The van der Waals surface area contributed by atoms with Crippen molar-refractivity contribution in [2.45, 2.75) is 116 Å². The second-order valence-corrected chi connectivity index (χ2v) is 12.8. The van der Waals surface area contributed by atoms with E-state index in [0.29, 0.717) is 11.1 Å². The Morgan fingerprint density at radius 1 is 0.872 bits per heavy atom. The molecule has 8 heteroatoms. The number of aliphatic hydroxyl groups excluding tert-OH is 1. The lowest BCUT2D eigenvalue weighted by atomic mass is 9.98. The van der Waals surface area contributed by atoms with Gasteiger partial charge in [-0.3, -0.25) is 13.9 Å². The molecule has 1 aromatic rings. The van der Waals surface area contributed by atoms with Gasteiger partial charge in [0.05, 0.1) is 27.3 Å². The minimum atomic E-state index is -4.33. The highest BCUT2D eigenvalue weighted by Gasteiger charge is 2.34. The number of fused-ring (bicyclic) bond motifs is 1. The summed E-state index contributed by atoms with van der Waals surface area (Å²) in [4.78, 5) is 10.1. The van der Waals surface area contributed by atoms with Crippen molar-refractivity contribution >= 4 is 13.5 Å². The van der Waals surface area contributed by atoms with Crippen LogP contribution in [0.4, 0.5) is 5.69 Å². The van der Waals surface area contributed by atoms with E-state index in [4.69, 9.17) is 13.8 Å². The summed E-state index contributed by atoms with van der Waals surface area (Å²) >= 11 is 0. The van der Waals surface area contributed by atoms with Crippen LogP contribution in [-0.2, 0) is 24.8 Å². The van der Waals surface area contributed by atoms with Crippen LogP contribution < -0.4 is 4.48 Å². The van der Waals surface area contributed by atoms with Crippen molar-refractivity contribution < 1.29 is 28.3 Å². The summed E-state index contributed by atoms with van der Waals surface area (Å²) in [6, 6.07) is 8.18. The van der Waals surface area contributed by atoms with Gasteiger partial charge in [0.25, 0.3) is 0 Å². The van der Waals surface area contributed by atoms with Crippen molar-refractivity contribution in [2.75, 3.05) is 33.9 Å². The van der Waals surface area contributed by atoms with Crippen molar-refractivity contribution in [3.63, 3.8) is 0 Å². The quantitative estimate of drug-likeness (QED) is 0.0637. The molecule has 0 radical (unpaired) electrons. The van der Waals surface area contributed by atoms with E-state index < -0.39 is 13.9 Å². The van der Waals surface area contributed by atoms with Gasteiger partial charge in [0.1, 0.15) is 17.5 Å². The minimum Gasteiger partial charge on any atom is -0.406 e. The molecule has 2 rings (SSSR count). The van der Waals surface area contributed by atoms with Gasteiger partial charge in [0.2, 0.25) is 0 Å². The third kappa shape index (κ3) is 13.8. The van der Waals surface area contributed by atoms with Gasteiger partial charge in [-0.05, 0) is 18.9 Å². The predicted molar refractivity (Wildman–Crippen MR) is 160 cm³/mol. The lowest BCUT2D eigenvalue weighted by Gasteiger charge is -2.36. The summed E-state index contributed by atoms with van der Waals surface area (Å²) in [7, 11) is -0.285. The van der Waals surface area contributed by atoms with Crippen LogP contribution in [0.25, 0.3) is 0 Å². The molecule has 0 aromatic heterocycles. The second kappa shape index (κ2) is 19.0. The van der Waals surface area contributed by atoms with Gasteiger partial charge in [0.15, 0.2) is 6.26 Å². The van der Waals surface area contributed by atoms with Gasteiger partial charge < -0.3 is 14.4 Å². The van der Waals surface area contributed by atoms with Gasteiger partial charge in [-0.2, -0.15) is 0 Å². The Labute approximate surface area is 237 Å². The Hall–Kier alpha value is -1.21. The maximum Gasteiger partial charge on any atom is 0.527 e. The third-order valence-corrected chi connectivity index (χ3v) is 8.51. The molecule has 0 saturated heterocycles. The zero-order valence-electron chi connectivity index (χ0n) is 24.8. The lowest BCUT2D eigenvalue weighted by molar-refractivity contribution is 0.00426. The Bertz CT molecular complexity index is 874. The fourth-order valence-corrected chi connectivity index (χ4v) is 5.84. The number of aryl methyl sites for hydroxylation is 1. The van der Waals surface area contributed by atoms with Gasteiger partial charge >= 0.3 is 7.82 Å². The number of benzene rings is 1. The number of phosphoric acid groups is 1. The summed E-state index contributed by atoms with van der Waals surface area (Å²) < 4.78 is 28.5. The molecule has 2 N–H and O–H groups in total. The van der Waals surface area contributed by atoms with Crippen molar-refractivity contribution in [2.24, 2.45) is 0 Å². The second-order valence-electron chi connectivity index (χ2n) is 11.4. The molecule has 224 valence electrons. The van der Waals surface area contributed by atoms with Crippen molar-refractivity contribution in [1.29, 1.82) is 0 Å². The fraction of sp³-hybridized carbons (Fsp3) is 0.742. The molecule has 1 aliphatic heterocycles. The van der Waals surface area contributed by atoms with Crippen LogP contribution in [0.2, 0.25) is 0 Å². The molecule has 0 spiro atoms. The minimum absolute atomic E-state index is 0.0697. The molecule has 0 saturated carbocycles. The summed E-state index contributed by atoms with van der Waals surface area (Å²) in [5.41, 5.74) is 3.28. The van der Waals surface area contributed by atoms with Crippen molar-refractivity contribution in [3.8, 4) is 0 Å². The highest BCUT2D eigenvalue weighted by atomic mass is 31.2. The van der Waals surface area contributed by atoms with Crippen LogP contribution in [0, 0.1) is 0 Å². The van der Waals surface area contributed by atoms with E-state index in [1.54, 1.807) is 0 Å². The maximum absolute atomic E-state index is 12.3. The van der Waals surface area contributed by atoms with E-state index in [-0.39, 0.29) is 13.2 Å². The number of nitrogens with zero attached hydrogens (tertiary/aromatic N) is 1. The molecule has 0 aliphatic carbocycles. The lowest BCUT2D eigenvalue weighted by Crippen LogP contribution is -2.42. The molecule has 0 amide bonds. The number of allylic oxidation sites excluding steroid dienone is 1. The van der Waals surface area contributed by atoms with Crippen molar-refractivity contribution in [3.05, 3.63) is 41.8 Å². The molecule has 2 atom stereocenters. The van der Waals surface area contributed by atoms with Gasteiger partial charge in [0, 0.05) is 18.6 Å². The van der Waals surface area contributed by atoms with Crippen LogP contribution in [0.1, 0.15) is 109 Å². The molecule has 0 bridgehead atoms. The zero-order chi connectivity index (χ0) is 28.4. The van der Waals surface area contributed by atoms with Crippen molar-refractivity contribution in [1.82, 2.24) is 4.48 Å². The number of para-hydroxylation sites is 1. The summed E-state index contributed by atoms with van der Waals surface area (Å²) in [6.45, 7) is 2.58. The molecule has 0 fully saturated rings. The number of hydrogen-bond acceptors (Lipinski definition) is 5. The van der Waals surface area contributed by atoms with Gasteiger partial charge in [-0.25, -0.2) is 4.57 Å². The summed E-state index contributed by atoms with van der Waals surface area (Å²) in [5.74, 6) is 0. The molecular formula is C31H55NO6P+. The topological polar surface area (TPSA) is 85.2 Å². The fourth-order valence-electron chi connectivity index (χ4n) is 5.16. The number of ether oxygens (including phenoxy) is 1. The molecule has 1 aromatic carbocycles. The average Bonchev–Trinajstić information content (AvgIpc) is 2.91. The van der Waals surface area contributed by atoms with Crippen LogP contribution in [0.15, 0.2) is 36.2 Å². The van der Waals surface area contributed by atoms with E-state index in [0.717, 1.165) is 37.1 Å². The number of aliphatic hydroxyl groups is 1. The molecule has 2 unspecified atom stereocenters. The molecule has 39 heavy (non-hydrogen) atoms. The number of phosphoric ester groups is 1. The first kappa shape index (κ1) is 34.0. The molecule has 1 aliphatic rings. The maximum atomic E-state index is 12.3. The van der Waals surface area contributed by atoms with E-state index >= 15 is 0 Å². The van der Waals surface area contributed by atoms with E-state index in [1.807, 2.05) is 26.2 Å². The monoisotopic (exact) mass is 568 g/mol. The molecule has 7 nitrogen and oxygen atoms in total. The first-order valence-corrected chi connectivity index (χ1v) is 16.8. The average molecular weight is 569 g/mol. The predicted octanol–water partition coefficient (Wildman–Crippen LogP) is 8.03. The first-order chi connectivity index (χ1) is 18.8. The largest absolute Gasteiger partial charge is 0.527 e. The van der Waals surface area contributed by atoms with Crippen LogP contribution >= 0.6 is 7.82 Å². The van der Waals surface area contributed by atoms with Gasteiger partial charge in [-0.1, -0.05) is 109 Å². The third-order valence-electron chi connectivity index (χ3n) is 7.67. The Balaban J connectivity index is 1.47. The van der Waals surface area contributed by atoms with Gasteiger partial charge in [-0.15, -0.1) is 0 Å². The van der Waals surface area contributed by atoms with Crippen LogP contribution in [0.5, 0.6) is 0 Å². The Morgan fingerprint density at radius 2 is 1.44 bits per heavy atom. The number of quaternary nitrogens is 1. The van der Waals surface area contributed by atoms with E-state index in [9.17, 15) is 14.6 Å². The molecular weight excluding hydrogens is 513 g/mol. The first-order valence-electron chi connectivity index (χ1n) is 15.3. The number of hydrogen-bond donors (Lipinski definition) is 2. The smallest absolute Gasteiger partial charge is 0.406 e. The molecule has 1 heterocycles. The summed E-state index contributed by atoms with van der Waals surface area (Å²) in [5, 5.41) is 10.1. The SMILES string of the molecule is CCCCCCCCCCCCCCCCOCC(O)COP(=O)(O)OC=C1CCc2ccccc2[N+]1(C)C. The standard InChI is InChI=1S/C31H54NO6P/c1-4-5-6-7-8-9-10-11-12-13-14-15-16-19-24-36-26-30(33)27-38-39(34,35)37-25-29-23-22-28-20-17-18-21-31(28)32(29,2)3/h17-18,20-21,25,30,33H,4-16,19,22-24,26-27H2,1-3H3/p+1. The number of rotatable bonds is 22. The highest BCUT2D eigenvalue weighted by Crippen LogP contribution is 2.45. The Morgan fingerprint density at radius 3 is 2.05 bits per heavy atom. The zero-order valence-corrected chi connectivity index (χ0v) is 25.7. The normalized spacial score (nSPS) is 18.0. The van der Waals surface area contributed by atoms with E-state index in [2.05, 4.69) is 19.1 Å². The summed E-state index contributed by atoms with van der Waals surface area (Å²) in [6.07, 6.45) is 20.2.